The van der Waals surface area contributed by atoms with Gasteiger partial charge in [0.2, 0.25) is 0 Å². The van der Waals surface area contributed by atoms with Crippen LogP contribution in [0, 0.1) is 0 Å². The molecule has 1 aromatic heterocycles. The molecule has 1 heterocycles. The van der Waals surface area contributed by atoms with Crippen molar-refractivity contribution in [3.63, 3.8) is 0 Å². The lowest BCUT2D eigenvalue weighted by atomic mass is 10.1. The normalized spacial score (nSPS) is 11.3. The summed E-state index contributed by atoms with van der Waals surface area (Å²) in [6.45, 7) is 0. The van der Waals surface area contributed by atoms with Crippen LogP contribution in [0.2, 0.25) is 0 Å². The molecule has 3 N–H and O–H groups in total. The molecule has 0 radical (unpaired) electrons. The van der Waals surface area contributed by atoms with E-state index in [1.165, 1.54) is 18.3 Å². The monoisotopic (exact) mass is 522 g/mol. The highest BCUT2D eigenvalue weighted by Gasteiger charge is 2.15. The molecule has 0 bridgehead atoms. The summed E-state index contributed by atoms with van der Waals surface area (Å²) in [5.41, 5.74) is 5.25. The van der Waals surface area contributed by atoms with Gasteiger partial charge in [0.1, 0.15) is 17.2 Å². The van der Waals surface area contributed by atoms with Gasteiger partial charge in [0.15, 0.2) is 0 Å². The largest absolute Gasteiger partial charge is 0.478 e. The molecule has 0 aliphatic rings. The first-order valence-corrected chi connectivity index (χ1v) is 11.9. The molecule has 196 valence electrons. The Hall–Kier alpha value is -5.44. The minimum atomic E-state index is -1.04. The molecule has 9 nitrogen and oxygen atoms in total. The van der Waals surface area contributed by atoms with Crippen molar-refractivity contribution in [3.8, 4) is 11.3 Å². The number of carboxylic acid groups (broad SMARTS) is 1. The van der Waals surface area contributed by atoms with E-state index in [-0.39, 0.29) is 11.3 Å². The van der Waals surface area contributed by atoms with Gasteiger partial charge in [-0.15, -0.1) is 0 Å². The SMILES string of the molecule is CN(C)c1ccc(/C=C(/NC(=O)c2ccccc2)C(=O)N/N=C\c2ccc(-c3cccc(C(=O)O)c3)o2)cc1. The molecule has 0 spiro atoms. The summed E-state index contributed by atoms with van der Waals surface area (Å²) in [7, 11) is 3.86. The van der Waals surface area contributed by atoms with Crippen molar-refractivity contribution < 1.29 is 23.9 Å². The average molecular weight is 523 g/mol. The molecule has 39 heavy (non-hydrogen) atoms. The van der Waals surface area contributed by atoms with Gasteiger partial charge >= 0.3 is 5.97 Å². The summed E-state index contributed by atoms with van der Waals surface area (Å²) >= 11 is 0. The molecule has 0 saturated heterocycles. The van der Waals surface area contributed by atoms with E-state index in [0.29, 0.717) is 28.2 Å². The number of aromatic carboxylic acids is 1. The third kappa shape index (κ3) is 7.07. The van der Waals surface area contributed by atoms with Gasteiger partial charge in [0.05, 0.1) is 11.8 Å². The molecule has 0 aliphatic carbocycles. The number of carboxylic acids is 1. The second-order valence-electron chi connectivity index (χ2n) is 8.65. The van der Waals surface area contributed by atoms with Gasteiger partial charge in [-0.2, -0.15) is 5.10 Å². The summed E-state index contributed by atoms with van der Waals surface area (Å²) in [6, 6.07) is 25.7. The summed E-state index contributed by atoms with van der Waals surface area (Å²) in [5.74, 6) is -1.32. The minimum absolute atomic E-state index is 0.00391. The zero-order valence-corrected chi connectivity index (χ0v) is 21.3. The third-order valence-corrected chi connectivity index (χ3v) is 5.63. The number of hydrogen-bond donors (Lipinski definition) is 3. The fraction of sp³-hybridized carbons (Fsp3) is 0.0667. The molecule has 3 aromatic carbocycles. The Morgan fingerprint density at radius 2 is 1.59 bits per heavy atom. The predicted molar refractivity (Wildman–Crippen MR) is 149 cm³/mol. The second-order valence-corrected chi connectivity index (χ2v) is 8.65. The average Bonchev–Trinajstić information content (AvgIpc) is 3.42. The van der Waals surface area contributed by atoms with Gasteiger partial charge in [-0.25, -0.2) is 10.2 Å². The summed E-state index contributed by atoms with van der Waals surface area (Å²) in [5, 5.41) is 15.8. The highest BCUT2D eigenvalue weighted by Crippen LogP contribution is 2.22. The number of carbonyl (C=O) groups excluding carboxylic acids is 2. The van der Waals surface area contributed by atoms with Gasteiger partial charge in [0.25, 0.3) is 11.8 Å². The van der Waals surface area contributed by atoms with Crippen molar-refractivity contribution in [1.29, 1.82) is 0 Å². The van der Waals surface area contributed by atoms with Gasteiger partial charge in [-0.1, -0.05) is 42.5 Å². The molecule has 4 aromatic rings. The molecule has 0 aliphatic heterocycles. The van der Waals surface area contributed by atoms with E-state index < -0.39 is 17.8 Å². The van der Waals surface area contributed by atoms with Gasteiger partial charge in [-0.05, 0) is 60.2 Å². The number of rotatable bonds is 9. The molecule has 4 rings (SSSR count). The highest BCUT2D eigenvalue weighted by atomic mass is 16.4. The van der Waals surface area contributed by atoms with Crippen LogP contribution in [0.25, 0.3) is 17.4 Å². The maximum Gasteiger partial charge on any atom is 0.335 e. The fourth-order valence-electron chi connectivity index (χ4n) is 3.58. The number of nitrogens with one attached hydrogen (secondary N) is 2. The van der Waals surface area contributed by atoms with E-state index in [4.69, 9.17) is 4.42 Å². The number of amides is 2. The second kappa shape index (κ2) is 12.2. The van der Waals surface area contributed by atoms with E-state index in [1.54, 1.807) is 60.7 Å². The van der Waals surface area contributed by atoms with Crippen LogP contribution in [-0.2, 0) is 4.79 Å². The number of hydrazone groups is 1. The summed E-state index contributed by atoms with van der Waals surface area (Å²) < 4.78 is 5.71. The van der Waals surface area contributed by atoms with Crippen LogP contribution in [0.4, 0.5) is 5.69 Å². The van der Waals surface area contributed by atoms with Crippen LogP contribution in [-0.4, -0.2) is 43.2 Å². The number of anilines is 1. The van der Waals surface area contributed by atoms with Crippen LogP contribution in [0.3, 0.4) is 0 Å². The Morgan fingerprint density at radius 1 is 0.872 bits per heavy atom. The lowest BCUT2D eigenvalue weighted by Crippen LogP contribution is -2.32. The van der Waals surface area contributed by atoms with Crippen molar-refractivity contribution in [3.05, 3.63) is 119 Å². The van der Waals surface area contributed by atoms with Gasteiger partial charge < -0.3 is 19.7 Å². The zero-order chi connectivity index (χ0) is 27.8. The Labute approximate surface area is 225 Å². The lowest BCUT2D eigenvalue weighted by Gasteiger charge is -2.12. The number of hydrogen-bond acceptors (Lipinski definition) is 6. The molecule has 0 atom stereocenters. The third-order valence-electron chi connectivity index (χ3n) is 5.63. The van der Waals surface area contributed by atoms with Crippen LogP contribution < -0.4 is 15.6 Å². The number of carbonyl (C=O) groups is 3. The Kier molecular flexibility index (Phi) is 8.33. The molecular weight excluding hydrogens is 496 g/mol. The Balaban J connectivity index is 1.50. The zero-order valence-electron chi connectivity index (χ0n) is 21.3. The van der Waals surface area contributed by atoms with E-state index >= 15 is 0 Å². The first kappa shape index (κ1) is 26.6. The molecule has 0 unspecified atom stereocenters. The van der Waals surface area contributed by atoms with Crippen LogP contribution in [0.1, 0.15) is 32.0 Å². The summed E-state index contributed by atoms with van der Waals surface area (Å²) in [6.07, 6.45) is 2.87. The maximum absolute atomic E-state index is 13.0. The number of benzene rings is 3. The first-order chi connectivity index (χ1) is 18.8. The smallest absolute Gasteiger partial charge is 0.335 e. The topological polar surface area (TPSA) is 124 Å². The highest BCUT2D eigenvalue weighted by molar-refractivity contribution is 6.05. The summed E-state index contributed by atoms with van der Waals surface area (Å²) in [4.78, 5) is 39.0. The van der Waals surface area contributed by atoms with Crippen molar-refractivity contribution in [1.82, 2.24) is 10.7 Å². The fourth-order valence-corrected chi connectivity index (χ4v) is 3.58. The quantitative estimate of drug-likeness (QED) is 0.167. The van der Waals surface area contributed by atoms with Gasteiger partial charge in [0, 0.05) is 30.9 Å². The number of furan rings is 1. The van der Waals surface area contributed by atoms with E-state index in [1.807, 2.05) is 43.3 Å². The lowest BCUT2D eigenvalue weighted by molar-refractivity contribution is -0.117. The molecular formula is C30H26N4O5. The molecule has 0 fully saturated rings. The minimum Gasteiger partial charge on any atom is -0.478 e. The van der Waals surface area contributed by atoms with E-state index in [2.05, 4.69) is 15.8 Å². The van der Waals surface area contributed by atoms with E-state index in [0.717, 1.165) is 5.69 Å². The number of nitrogens with zero attached hydrogens (tertiary/aromatic N) is 2. The molecule has 9 heteroatoms. The standard InChI is InChI=1S/C30H26N4O5/c1-34(2)24-13-11-20(12-14-24)17-26(32-28(35)21-7-4-3-5-8-21)29(36)33-31-19-25-15-16-27(39-25)22-9-6-10-23(18-22)30(37)38/h3-19H,1-2H3,(H,32,35)(H,33,36)(H,37,38)/b26-17+,31-19-. The molecule has 0 saturated carbocycles. The Morgan fingerprint density at radius 3 is 2.28 bits per heavy atom. The van der Waals surface area contributed by atoms with Crippen LogP contribution >= 0.6 is 0 Å². The van der Waals surface area contributed by atoms with E-state index in [9.17, 15) is 19.5 Å². The first-order valence-electron chi connectivity index (χ1n) is 11.9. The van der Waals surface area contributed by atoms with Crippen molar-refractivity contribution >= 4 is 35.8 Å². The predicted octanol–water partition coefficient (Wildman–Crippen LogP) is 4.63. The van der Waals surface area contributed by atoms with Crippen molar-refractivity contribution in [2.75, 3.05) is 19.0 Å². The van der Waals surface area contributed by atoms with Crippen LogP contribution in [0.15, 0.2) is 106 Å². The van der Waals surface area contributed by atoms with Gasteiger partial charge in [-0.3, -0.25) is 9.59 Å². The Bertz CT molecular complexity index is 1540. The van der Waals surface area contributed by atoms with Crippen LogP contribution in [0.5, 0.6) is 0 Å². The molecule has 2 amide bonds. The maximum atomic E-state index is 13.0. The van der Waals surface area contributed by atoms with Crippen molar-refractivity contribution in [2.24, 2.45) is 5.10 Å². The van der Waals surface area contributed by atoms with Crippen molar-refractivity contribution in [2.45, 2.75) is 0 Å².